The highest BCUT2D eigenvalue weighted by Gasteiger charge is 2.18. The van der Waals surface area contributed by atoms with Crippen molar-refractivity contribution < 1.29 is 4.74 Å². The van der Waals surface area contributed by atoms with Gasteiger partial charge in [0.15, 0.2) is 0 Å². The van der Waals surface area contributed by atoms with Crippen LogP contribution in [-0.2, 0) is 5.41 Å². The molecule has 0 saturated carbocycles. The smallest absolute Gasteiger partial charge is 0.140 e. The Morgan fingerprint density at radius 2 is 1.92 bits per heavy atom. The van der Waals surface area contributed by atoms with Gasteiger partial charge < -0.3 is 4.74 Å². The summed E-state index contributed by atoms with van der Waals surface area (Å²) >= 11 is 0. The van der Waals surface area contributed by atoms with E-state index in [-0.39, 0.29) is 5.41 Å². The lowest BCUT2D eigenvalue weighted by atomic mass is 9.86. The largest absolute Gasteiger partial charge is 0.495 e. The van der Waals surface area contributed by atoms with Gasteiger partial charge in [0.05, 0.1) is 13.3 Å². The first kappa shape index (κ1) is 10.0. The first-order chi connectivity index (χ1) is 5.95. The minimum absolute atomic E-state index is 0.110. The molecule has 0 N–H and O–H groups in total. The quantitative estimate of drug-likeness (QED) is 0.661. The fourth-order valence-corrected chi connectivity index (χ4v) is 1.30. The van der Waals surface area contributed by atoms with Crippen molar-refractivity contribution in [3.05, 3.63) is 23.5 Å². The number of hydrogen-bond acceptors (Lipinski definition) is 2. The van der Waals surface area contributed by atoms with Crippen molar-refractivity contribution in [2.45, 2.75) is 33.1 Å². The average molecular weight is 179 g/mol. The molecule has 2 nitrogen and oxygen atoms in total. The fourth-order valence-electron chi connectivity index (χ4n) is 1.30. The Labute approximate surface area is 80.0 Å². The van der Waals surface area contributed by atoms with Crippen molar-refractivity contribution in [1.29, 1.82) is 0 Å². The predicted octanol–water partition coefficient (Wildman–Crippen LogP) is 2.70. The van der Waals surface area contributed by atoms with Crippen LogP contribution in [0.1, 0.15) is 32.0 Å². The Bertz CT molecular complexity index is 299. The van der Waals surface area contributed by atoms with Crippen LogP contribution in [0.15, 0.2) is 12.3 Å². The molecule has 0 bridgehead atoms. The lowest BCUT2D eigenvalue weighted by Crippen LogP contribution is -2.13. The summed E-state index contributed by atoms with van der Waals surface area (Å²) in [6.07, 6.45) is 1.79. The molecule has 0 saturated heterocycles. The van der Waals surface area contributed by atoms with Gasteiger partial charge in [-0.3, -0.25) is 4.98 Å². The number of aromatic nitrogens is 1. The summed E-state index contributed by atoms with van der Waals surface area (Å²) in [5.41, 5.74) is 2.35. The van der Waals surface area contributed by atoms with Crippen LogP contribution in [0.3, 0.4) is 0 Å². The predicted molar refractivity (Wildman–Crippen MR) is 54.2 cm³/mol. The van der Waals surface area contributed by atoms with Crippen LogP contribution in [0.2, 0.25) is 0 Å². The normalized spacial score (nSPS) is 11.5. The second-order valence-electron chi connectivity index (χ2n) is 4.28. The molecular formula is C11H17NO. The molecule has 1 aromatic rings. The van der Waals surface area contributed by atoms with Gasteiger partial charge in [-0.1, -0.05) is 20.8 Å². The van der Waals surface area contributed by atoms with E-state index in [4.69, 9.17) is 4.74 Å². The van der Waals surface area contributed by atoms with Gasteiger partial charge >= 0.3 is 0 Å². The van der Waals surface area contributed by atoms with E-state index in [0.29, 0.717) is 0 Å². The fraction of sp³-hybridized carbons (Fsp3) is 0.545. The van der Waals surface area contributed by atoms with Gasteiger partial charge in [0.25, 0.3) is 0 Å². The topological polar surface area (TPSA) is 22.1 Å². The summed E-state index contributed by atoms with van der Waals surface area (Å²) < 4.78 is 5.26. The number of nitrogens with zero attached hydrogens (tertiary/aromatic N) is 1. The Kier molecular flexibility index (Phi) is 2.60. The SMILES string of the molecule is COc1cnc(C)cc1C(C)(C)C. The van der Waals surface area contributed by atoms with E-state index in [2.05, 4.69) is 31.8 Å². The van der Waals surface area contributed by atoms with E-state index in [1.807, 2.05) is 6.92 Å². The standard InChI is InChI=1S/C11H17NO/c1-8-6-9(11(2,3)4)10(13-5)7-12-8/h6-7H,1-5H3. The van der Waals surface area contributed by atoms with Gasteiger partial charge in [0, 0.05) is 11.3 Å². The van der Waals surface area contributed by atoms with Gasteiger partial charge in [0.1, 0.15) is 5.75 Å². The molecule has 13 heavy (non-hydrogen) atoms. The van der Waals surface area contributed by atoms with Crippen LogP contribution in [0.4, 0.5) is 0 Å². The maximum Gasteiger partial charge on any atom is 0.140 e. The third-order valence-electron chi connectivity index (χ3n) is 2.03. The molecule has 2 heteroatoms. The molecule has 0 aliphatic rings. The first-order valence-corrected chi connectivity index (χ1v) is 4.46. The second kappa shape index (κ2) is 3.36. The summed E-state index contributed by atoms with van der Waals surface area (Å²) in [4.78, 5) is 4.20. The monoisotopic (exact) mass is 179 g/mol. The van der Waals surface area contributed by atoms with Crippen LogP contribution < -0.4 is 4.74 Å². The van der Waals surface area contributed by atoms with Gasteiger partial charge in [-0.2, -0.15) is 0 Å². The van der Waals surface area contributed by atoms with Crippen molar-refractivity contribution >= 4 is 0 Å². The molecule has 72 valence electrons. The van der Waals surface area contributed by atoms with E-state index in [1.54, 1.807) is 13.3 Å². The number of methoxy groups -OCH3 is 1. The van der Waals surface area contributed by atoms with Crippen molar-refractivity contribution in [2.75, 3.05) is 7.11 Å². The molecule has 0 aliphatic heterocycles. The van der Waals surface area contributed by atoms with Crippen molar-refractivity contribution in [1.82, 2.24) is 4.98 Å². The van der Waals surface area contributed by atoms with E-state index in [0.717, 1.165) is 11.4 Å². The third-order valence-corrected chi connectivity index (χ3v) is 2.03. The molecule has 1 rings (SSSR count). The molecule has 0 atom stereocenters. The zero-order valence-corrected chi connectivity index (χ0v) is 9.01. The van der Waals surface area contributed by atoms with Crippen LogP contribution in [-0.4, -0.2) is 12.1 Å². The zero-order valence-electron chi connectivity index (χ0n) is 9.01. The van der Waals surface area contributed by atoms with Crippen LogP contribution >= 0.6 is 0 Å². The van der Waals surface area contributed by atoms with Crippen LogP contribution in [0, 0.1) is 6.92 Å². The lowest BCUT2D eigenvalue weighted by Gasteiger charge is -2.21. The van der Waals surface area contributed by atoms with E-state index in [1.165, 1.54) is 5.56 Å². The molecular weight excluding hydrogens is 162 g/mol. The minimum atomic E-state index is 0.110. The first-order valence-electron chi connectivity index (χ1n) is 4.46. The van der Waals surface area contributed by atoms with Gasteiger partial charge in [-0.25, -0.2) is 0 Å². The van der Waals surface area contributed by atoms with Crippen molar-refractivity contribution in [2.24, 2.45) is 0 Å². The van der Waals surface area contributed by atoms with Gasteiger partial charge in [-0.05, 0) is 18.4 Å². The lowest BCUT2D eigenvalue weighted by molar-refractivity contribution is 0.395. The zero-order chi connectivity index (χ0) is 10.1. The molecule has 0 spiro atoms. The second-order valence-corrected chi connectivity index (χ2v) is 4.28. The molecule has 0 unspecified atom stereocenters. The number of aryl methyl sites for hydroxylation is 1. The Morgan fingerprint density at radius 1 is 1.31 bits per heavy atom. The van der Waals surface area contributed by atoms with Crippen molar-refractivity contribution in [3.8, 4) is 5.75 Å². The molecule has 0 amide bonds. The van der Waals surface area contributed by atoms with E-state index < -0.39 is 0 Å². The maximum atomic E-state index is 5.26. The number of ether oxygens (including phenoxy) is 1. The minimum Gasteiger partial charge on any atom is -0.495 e. The molecule has 0 radical (unpaired) electrons. The molecule has 0 aromatic carbocycles. The molecule has 1 aromatic heterocycles. The van der Waals surface area contributed by atoms with Crippen LogP contribution in [0.5, 0.6) is 5.75 Å². The summed E-state index contributed by atoms with van der Waals surface area (Å²) in [7, 11) is 1.68. The number of hydrogen-bond donors (Lipinski definition) is 0. The van der Waals surface area contributed by atoms with Gasteiger partial charge in [0.2, 0.25) is 0 Å². The highest BCUT2D eigenvalue weighted by Crippen LogP contribution is 2.30. The number of rotatable bonds is 1. The number of pyridine rings is 1. The van der Waals surface area contributed by atoms with Crippen molar-refractivity contribution in [3.63, 3.8) is 0 Å². The molecule has 0 aliphatic carbocycles. The maximum absolute atomic E-state index is 5.26. The Hall–Kier alpha value is -1.05. The van der Waals surface area contributed by atoms with E-state index in [9.17, 15) is 0 Å². The van der Waals surface area contributed by atoms with E-state index >= 15 is 0 Å². The Morgan fingerprint density at radius 3 is 2.38 bits per heavy atom. The summed E-state index contributed by atoms with van der Waals surface area (Å²) in [5.74, 6) is 0.873. The Balaban J connectivity index is 3.24. The summed E-state index contributed by atoms with van der Waals surface area (Å²) in [5, 5.41) is 0. The highest BCUT2D eigenvalue weighted by molar-refractivity contribution is 5.37. The highest BCUT2D eigenvalue weighted by atomic mass is 16.5. The summed E-state index contributed by atoms with van der Waals surface area (Å²) in [6.45, 7) is 8.51. The molecule has 1 heterocycles. The average Bonchev–Trinajstić information content (AvgIpc) is 2.03. The van der Waals surface area contributed by atoms with Crippen LogP contribution in [0.25, 0.3) is 0 Å². The van der Waals surface area contributed by atoms with Gasteiger partial charge in [-0.15, -0.1) is 0 Å². The molecule has 0 fully saturated rings. The summed E-state index contributed by atoms with van der Waals surface area (Å²) in [6, 6.07) is 2.08. The third kappa shape index (κ3) is 2.20.